The van der Waals surface area contributed by atoms with Crippen LogP contribution in [0, 0.1) is 18.3 Å². The average molecular weight is 726 g/mol. The van der Waals surface area contributed by atoms with Gasteiger partial charge in [-0.05, 0) is 77.2 Å². The summed E-state index contributed by atoms with van der Waals surface area (Å²) in [6.07, 6.45) is 9.68. The zero-order valence-corrected chi connectivity index (χ0v) is 31.5. The molecule has 1 aliphatic carbocycles. The van der Waals surface area contributed by atoms with Gasteiger partial charge in [0.2, 0.25) is 0 Å². The van der Waals surface area contributed by atoms with E-state index in [2.05, 4.69) is 79.4 Å². The van der Waals surface area contributed by atoms with Crippen molar-refractivity contribution in [3.8, 4) is 11.1 Å². The molecule has 1 aliphatic rings. The maximum absolute atomic E-state index is 8.88. The highest BCUT2D eigenvalue weighted by atomic mass is 32.1. The smallest absolute Gasteiger partial charge is 0.0875 e. The van der Waals surface area contributed by atoms with Crippen LogP contribution in [0.1, 0.15) is 27.8 Å². The summed E-state index contributed by atoms with van der Waals surface area (Å²) in [5.41, 5.74) is 31.7. The maximum Gasteiger partial charge on any atom is 0.0875 e. The number of nitrogens with one attached hydrogen (secondary N) is 1. The third-order valence-corrected chi connectivity index (χ3v) is 10.8. The molecule has 1 aromatic heterocycles. The Labute approximate surface area is 322 Å². The minimum Gasteiger partial charge on any atom is -0.398 e. The van der Waals surface area contributed by atoms with Gasteiger partial charge < -0.3 is 28.3 Å². The summed E-state index contributed by atoms with van der Waals surface area (Å²) in [4.78, 5) is 0. The topological polar surface area (TPSA) is 128 Å². The van der Waals surface area contributed by atoms with Crippen LogP contribution in [0.3, 0.4) is 0 Å². The molecule has 1 heterocycles. The van der Waals surface area contributed by atoms with Crippen LogP contribution >= 0.6 is 11.3 Å². The predicted octanol–water partition coefficient (Wildman–Crippen LogP) is 9.93. The number of allylic oxidation sites excluding steroid dienone is 2. The summed E-state index contributed by atoms with van der Waals surface area (Å²) in [5, 5.41) is 11.6. The van der Waals surface area contributed by atoms with Crippen molar-refractivity contribution in [3.05, 3.63) is 210 Å². The van der Waals surface area contributed by atoms with E-state index < -0.39 is 5.54 Å². The quantitative estimate of drug-likeness (QED) is 0.105. The van der Waals surface area contributed by atoms with Gasteiger partial charge >= 0.3 is 0 Å². The highest BCUT2D eigenvalue weighted by molar-refractivity contribution is 7.25. The predicted molar refractivity (Wildman–Crippen MR) is 233 cm³/mol. The van der Waals surface area contributed by atoms with Crippen molar-refractivity contribution in [3.63, 3.8) is 0 Å². The Balaban J connectivity index is 0.000000257. The van der Waals surface area contributed by atoms with Crippen LogP contribution in [0.4, 0.5) is 0 Å². The molecule has 6 heteroatoms. The number of hydrogen-bond donors (Lipinski definition) is 5. The second-order valence-corrected chi connectivity index (χ2v) is 14.3. The third kappa shape index (κ3) is 8.33. The second-order valence-electron chi connectivity index (χ2n) is 13.2. The molecule has 0 fully saturated rings. The van der Waals surface area contributed by atoms with Crippen molar-refractivity contribution in [1.82, 2.24) is 0 Å². The summed E-state index contributed by atoms with van der Waals surface area (Å²) in [6, 6.07) is 51.2. The van der Waals surface area contributed by atoms with Gasteiger partial charge in [-0.2, -0.15) is 0 Å². The molecule has 0 saturated heterocycles. The Bertz CT molecular complexity index is 2430. The molecule has 54 heavy (non-hydrogen) atoms. The molecule has 6 aromatic carbocycles. The molecule has 0 bridgehead atoms. The van der Waals surface area contributed by atoms with Crippen LogP contribution < -0.4 is 22.9 Å². The van der Waals surface area contributed by atoms with E-state index in [0.717, 1.165) is 33.4 Å². The van der Waals surface area contributed by atoms with E-state index in [1.54, 1.807) is 0 Å². The molecule has 0 spiro atoms. The van der Waals surface area contributed by atoms with E-state index in [4.69, 9.17) is 22.6 Å². The molecular weight excluding hydrogens is 679 g/mol. The first-order valence-electron chi connectivity index (χ1n) is 18.0. The molecule has 0 saturated carbocycles. The van der Waals surface area contributed by atoms with Gasteiger partial charge in [0.25, 0.3) is 0 Å². The van der Waals surface area contributed by atoms with Gasteiger partial charge in [0.05, 0.1) is 5.54 Å². The molecule has 0 amide bonds. The number of benzene rings is 6. The fourth-order valence-corrected chi connectivity index (χ4v) is 7.95. The summed E-state index contributed by atoms with van der Waals surface area (Å²) in [5.74, 6) is -0.192. The summed E-state index contributed by atoms with van der Waals surface area (Å²) >= 11 is 1.88. The van der Waals surface area contributed by atoms with Crippen molar-refractivity contribution in [2.24, 2.45) is 28.9 Å². The van der Waals surface area contributed by atoms with E-state index in [-0.39, 0.29) is 12.0 Å². The molecule has 270 valence electrons. The lowest BCUT2D eigenvalue weighted by molar-refractivity contribution is 0.681. The molecule has 0 radical (unpaired) electrons. The fourth-order valence-electron chi connectivity index (χ4n) is 6.74. The van der Waals surface area contributed by atoms with E-state index in [1.165, 1.54) is 32.8 Å². The number of thiophene rings is 1. The minimum absolute atomic E-state index is 0.192. The first-order valence-corrected chi connectivity index (χ1v) is 18.9. The fraction of sp³-hybridized carbons (Fsp3) is 0.104. The van der Waals surface area contributed by atoms with E-state index in [1.807, 2.05) is 127 Å². The Morgan fingerprint density at radius 1 is 0.630 bits per heavy atom. The Morgan fingerprint density at radius 2 is 1.24 bits per heavy atom. The van der Waals surface area contributed by atoms with Crippen LogP contribution in [0.2, 0.25) is 0 Å². The zero-order valence-electron chi connectivity index (χ0n) is 30.7. The van der Waals surface area contributed by atoms with Crippen LogP contribution in [0.5, 0.6) is 0 Å². The normalized spacial score (nSPS) is 16.1. The number of aryl methyl sites for hydroxylation is 1. The van der Waals surface area contributed by atoms with Crippen molar-refractivity contribution in [1.29, 1.82) is 5.41 Å². The summed E-state index contributed by atoms with van der Waals surface area (Å²) in [6.45, 7) is 2.14. The van der Waals surface area contributed by atoms with Gasteiger partial charge in [-0.15, -0.1) is 11.3 Å². The second kappa shape index (κ2) is 17.3. The van der Waals surface area contributed by atoms with Gasteiger partial charge in [-0.25, -0.2) is 0 Å². The average Bonchev–Trinajstić information content (AvgIpc) is 3.60. The lowest BCUT2D eigenvalue weighted by atomic mass is 9.80. The first kappa shape index (κ1) is 37.9. The van der Waals surface area contributed by atoms with Crippen LogP contribution in [-0.2, 0) is 5.54 Å². The Hall–Kier alpha value is -5.89. The SMILES string of the molecule is CN.Cc1ccc2c(c1)sc1ccccc12.N=C(c1cccc(C(N)(/C=C(\N)c2ccc(-c3ccccc3)cc2)c2ccccc2)c1)C1C=CC=CC1N. The number of nitrogens with two attached hydrogens (primary N) is 4. The molecule has 3 atom stereocenters. The lowest BCUT2D eigenvalue weighted by Crippen LogP contribution is -2.37. The standard InChI is InChI=1S/C34H32N4.C13H10S.CH5N/c35-31-17-8-7-16-30(31)33(37)27-12-9-15-29(22-27)34(38,28-13-5-2-6-14-28)23-32(36)26-20-18-25(19-21-26)24-10-3-1-4-11-24;1-9-6-7-11-10-4-2-3-5-12(10)14-13(11)8-9;1-2/h1-23,30-31,37H,35-36,38H2;2-8H,1H3;2H2,1H3/b32-23-,37-33?;;. The summed E-state index contributed by atoms with van der Waals surface area (Å²) < 4.78 is 2.78. The van der Waals surface area contributed by atoms with Crippen LogP contribution in [-0.4, -0.2) is 18.8 Å². The largest absolute Gasteiger partial charge is 0.398 e. The highest BCUT2D eigenvalue weighted by Gasteiger charge is 2.29. The summed E-state index contributed by atoms with van der Waals surface area (Å²) in [7, 11) is 1.50. The van der Waals surface area contributed by atoms with Crippen molar-refractivity contribution in [2.75, 3.05) is 7.05 Å². The molecular formula is C48H47N5S. The monoisotopic (exact) mass is 725 g/mol. The van der Waals surface area contributed by atoms with E-state index in [0.29, 0.717) is 11.4 Å². The first-order chi connectivity index (χ1) is 26.3. The van der Waals surface area contributed by atoms with Crippen LogP contribution in [0.15, 0.2) is 182 Å². The molecule has 8 rings (SSSR count). The Morgan fingerprint density at radius 3 is 1.96 bits per heavy atom. The lowest BCUT2D eigenvalue weighted by Gasteiger charge is -2.29. The third-order valence-electron chi connectivity index (χ3n) is 9.66. The number of rotatable bonds is 7. The highest BCUT2D eigenvalue weighted by Crippen LogP contribution is 2.35. The van der Waals surface area contributed by atoms with Crippen molar-refractivity contribution < 1.29 is 0 Å². The molecule has 3 unspecified atom stereocenters. The Kier molecular flexibility index (Phi) is 12.1. The number of hydrogen-bond acceptors (Lipinski definition) is 6. The van der Waals surface area contributed by atoms with Gasteiger partial charge in [-0.1, -0.05) is 158 Å². The molecule has 5 nitrogen and oxygen atoms in total. The van der Waals surface area contributed by atoms with Crippen molar-refractivity contribution >= 4 is 42.9 Å². The molecule has 7 aromatic rings. The minimum atomic E-state index is -1.01. The number of fused-ring (bicyclic) bond motifs is 3. The van der Waals surface area contributed by atoms with E-state index >= 15 is 0 Å². The van der Waals surface area contributed by atoms with Gasteiger partial charge in [-0.3, -0.25) is 0 Å². The molecule has 0 aliphatic heterocycles. The van der Waals surface area contributed by atoms with Crippen LogP contribution in [0.25, 0.3) is 37.0 Å². The molecule has 9 N–H and O–H groups in total. The van der Waals surface area contributed by atoms with Gasteiger partial charge in [0.15, 0.2) is 0 Å². The van der Waals surface area contributed by atoms with E-state index in [9.17, 15) is 0 Å². The zero-order chi connectivity index (χ0) is 38.1. The maximum atomic E-state index is 8.88. The van der Waals surface area contributed by atoms with Crippen molar-refractivity contribution in [2.45, 2.75) is 18.5 Å². The van der Waals surface area contributed by atoms with Gasteiger partial charge in [0, 0.05) is 43.5 Å². The van der Waals surface area contributed by atoms with Gasteiger partial charge in [0.1, 0.15) is 0 Å².